The van der Waals surface area contributed by atoms with Gasteiger partial charge in [-0.1, -0.05) is 18.2 Å². The molecule has 0 spiro atoms. The topological polar surface area (TPSA) is 77.0 Å². The highest BCUT2D eigenvalue weighted by atomic mass is 16.5. The van der Waals surface area contributed by atoms with Crippen LogP contribution in [0.25, 0.3) is 0 Å². The lowest BCUT2D eigenvalue weighted by molar-refractivity contribution is 0.0945. The minimum absolute atomic E-state index is 0.247. The molecule has 0 aliphatic rings. The SMILES string of the molecule is Cc1cnc(C(=O)NCc2ccc(OCc3ccccn3)cc2)cn1. The van der Waals surface area contributed by atoms with E-state index in [1.54, 1.807) is 12.4 Å². The number of nitrogens with zero attached hydrogens (tertiary/aromatic N) is 3. The number of pyridine rings is 1. The lowest BCUT2D eigenvalue weighted by atomic mass is 10.2. The van der Waals surface area contributed by atoms with Gasteiger partial charge in [-0.05, 0) is 36.8 Å². The first-order chi connectivity index (χ1) is 12.2. The molecule has 0 atom stereocenters. The predicted molar refractivity (Wildman–Crippen MR) is 93.0 cm³/mol. The van der Waals surface area contributed by atoms with Gasteiger partial charge in [-0.25, -0.2) is 4.98 Å². The molecule has 0 aliphatic heterocycles. The van der Waals surface area contributed by atoms with E-state index in [1.807, 2.05) is 49.4 Å². The van der Waals surface area contributed by atoms with Crippen LogP contribution in [-0.4, -0.2) is 20.9 Å². The van der Waals surface area contributed by atoms with E-state index < -0.39 is 0 Å². The average Bonchev–Trinajstić information content (AvgIpc) is 2.67. The fourth-order valence-electron chi connectivity index (χ4n) is 2.13. The van der Waals surface area contributed by atoms with Gasteiger partial charge < -0.3 is 10.1 Å². The minimum Gasteiger partial charge on any atom is -0.487 e. The van der Waals surface area contributed by atoms with Crippen LogP contribution in [0.5, 0.6) is 5.75 Å². The zero-order valence-electron chi connectivity index (χ0n) is 13.8. The molecule has 0 unspecified atom stereocenters. The van der Waals surface area contributed by atoms with E-state index in [9.17, 15) is 4.79 Å². The van der Waals surface area contributed by atoms with Crippen LogP contribution in [-0.2, 0) is 13.2 Å². The zero-order chi connectivity index (χ0) is 17.5. The third kappa shape index (κ3) is 4.84. The molecule has 1 amide bonds. The van der Waals surface area contributed by atoms with Crippen LogP contribution in [0.15, 0.2) is 61.1 Å². The molecular formula is C19H18N4O2. The molecule has 3 rings (SSSR count). The number of carbonyl (C=O) groups is 1. The Balaban J connectivity index is 1.50. The van der Waals surface area contributed by atoms with Gasteiger partial charge in [-0.3, -0.25) is 14.8 Å². The van der Waals surface area contributed by atoms with Gasteiger partial charge in [0.15, 0.2) is 0 Å². The Kier molecular flexibility index (Phi) is 5.31. The van der Waals surface area contributed by atoms with E-state index in [0.717, 1.165) is 22.7 Å². The van der Waals surface area contributed by atoms with Crippen molar-refractivity contribution in [3.63, 3.8) is 0 Å². The highest BCUT2D eigenvalue weighted by molar-refractivity contribution is 5.91. The molecular weight excluding hydrogens is 316 g/mol. The summed E-state index contributed by atoms with van der Waals surface area (Å²) in [6.45, 7) is 2.66. The number of nitrogens with one attached hydrogen (secondary N) is 1. The van der Waals surface area contributed by atoms with E-state index in [2.05, 4.69) is 20.3 Å². The van der Waals surface area contributed by atoms with Crippen molar-refractivity contribution >= 4 is 5.91 Å². The van der Waals surface area contributed by atoms with Crippen molar-refractivity contribution in [2.75, 3.05) is 0 Å². The first-order valence-electron chi connectivity index (χ1n) is 7.89. The lowest BCUT2D eigenvalue weighted by Gasteiger charge is -2.08. The van der Waals surface area contributed by atoms with Crippen molar-refractivity contribution in [3.05, 3.63) is 83.7 Å². The van der Waals surface area contributed by atoms with Gasteiger partial charge in [-0.15, -0.1) is 0 Å². The number of rotatable bonds is 6. The van der Waals surface area contributed by atoms with Crippen molar-refractivity contribution in [1.82, 2.24) is 20.3 Å². The zero-order valence-corrected chi connectivity index (χ0v) is 13.8. The number of hydrogen-bond acceptors (Lipinski definition) is 5. The van der Waals surface area contributed by atoms with E-state index in [1.165, 1.54) is 6.20 Å². The number of amides is 1. The summed E-state index contributed by atoms with van der Waals surface area (Å²) in [5.41, 5.74) is 2.93. The van der Waals surface area contributed by atoms with E-state index in [0.29, 0.717) is 18.8 Å². The summed E-state index contributed by atoms with van der Waals surface area (Å²) in [7, 11) is 0. The van der Waals surface area contributed by atoms with Crippen molar-refractivity contribution < 1.29 is 9.53 Å². The molecule has 3 aromatic rings. The van der Waals surface area contributed by atoms with Crippen LogP contribution in [0.2, 0.25) is 0 Å². The van der Waals surface area contributed by atoms with Gasteiger partial charge in [0, 0.05) is 18.9 Å². The summed E-state index contributed by atoms with van der Waals surface area (Å²) in [6.07, 6.45) is 4.78. The van der Waals surface area contributed by atoms with Gasteiger partial charge >= 0.3 is 0 Å². The average molecular weight is 334 g/mol. The van der Waals surface area contributed by atoms with Crippen LogP contribution in [0.3, 0.4) is 0 Å². The monoisotopic (exact) mass is 334 g/mol. The van der Waals surface area contributed by atoms with Gasteiger partial charge in [0.1, 0.15) is 18.1 Å². The first kappa shape index (κ1) is 16.6. The molecule has 6 nitrogen and oxygen atoms in total. The number of hydrogen-bond donors (Lipinski definition) is 1. The van der Waals surface area contributed by atoms with Crippen LogP contribution in [0, 0.1) is 6.92 Å². The number of aromatic nitrogens is 3. The molecule has 0 saturated heterocycles. The summed E-state index contributed by atoms with van der Waals surface area (Å²) < 4.78 is 5.69. The molecule has 0 saturated carbocycles. The normalized spacial score (nSPS) is 10.3. The molecule has 2 heterocycles. The summed E-state index contributed by atoms with van der Waals surface area (Å²) in [5.74, 6) is 0.508. The van der Waals surface area contributed by atoms with Crippen molar-refractivity contribution in [2.45, 2.75) is 20.1 Å². The van der Waals surface area contributed by atoms with Crippen LogP contribution >= 0.6 is 0 Å². The van der Waals surface area contributed by atoms with Gasteiger partial charge in [0.25, 0.3) is 5.91 Å². The quantitative estimate of drug-likeness (QED) is 0.750. The number of benzene rings is 1. The molecule has 0 bridgehead atoms. The summed E-state index contributed by atoms with van der Waals surface area (Å²) in [6, 6.07) is 13.3. The van der Waals surface area contributed by atoms with Crippen molar-refractivity contribution in [3.8, 4) is 5.75 Å². The third-order valence-corrected chi connectivity index (χ3v) is 3.50. The molecule has 6 heteroatoms. The Bertz CT molecular complexity index is 818. The maximum Gasteiger partial charge on any atom is 0.271 e. The molecule has 2 aromatic heterocycles. The molecule has 0 aliphatic carbocycles. The highest BCUT2D eigenvalue weighted by Crippen LogP contribution is 2.13. The Morgan fingerprint density at radius 2 is 1.88 bits per heavy atom. The number of aryl methyl sites for hydroxylation is 1. The Hall–Kier alpha value is -3.28. The standard InChI is InChI=1S/C19H18N4O2/c1-14-10-22-18(12-21-14)19(24)23-11-15-5-7-17(8-6-15)25-13-16-4-2-3-9-20-16/h2-10,12H,11,13H2,1H3,(H,23,24). The van der Waals surface area contributed by atoms with Crippen molar-refractivity contribution in [2.24, 2.45) is 0 Å². The first-order valence-corrected chi connectivity index (χ1v) is 7.89. The molecule has 0 radical (unpaired) electrons. The Morgan fingerprint density at radius 3 is 2.56 bits per heavy atom. The molecule has 126 valence electrons. The Labute approximate surface area is 145 Å². The second-order valence-electron chi connectivity index (χ2n) is 5.48. The fraction of sp³-hybridized carbons (Fsp3) is 0.158. The second-order valence-corrected chi connectivity index (χ2v) is 5.48. The van der Waals surface area contributed by atoms with Crippen LogP contribution in [0.1, 0.15) is 27.4 Å². The van der Waals surface area contributed by atoms with E-state index >= 15 is 0 Å². The van der Waals surface area contributed by atoms with Crippen LogP contribution < -0.4 is 10.1 Å². The number of ether oxygens (including phenoxy) is 1. The molecule has 25 heavy (non-hydrogen) atoms. The lowest BCUT2D eigenvalue weighted by Crippen LogP contribution is -2.24. The van der Waals surface area contributed by atoms with E-state index in [4.69, 9.17) is 4.74 Å². The maximum atomic E-state index is 12.0. The number of carbonyl (C=O) groups excluding carboxylic acids is 1. The predicted octanol–water partition coefficient (Wildman–Crippen LogP) is 2.69. The molecule has 1 N–H and O–H groups in total. The summed E-state index contributed by atoms with van der Waals surface area (Å²) >= 11 is 0. The largest absolute Gasteiger partial charge is 0.487 e. The fourth-order valence-corrected chi connectivity index (χ4v) is 2.13. The van der Waals surface area contributed by atoms with E-state index in [-0.39, 0.29) is 5.91 Å². The Morgan fingerprint density at radius 1 is 1.04 bits per heavy atom. The van der Waals surface area contributed by atoms with Gasteiger partial charge in [-0.2, -0.15) is 0 Å². The summed E-state index contributed by atoms with van der Waals surface area (Å²) in [4.78, 5) is 24.3. The molecule has 1 aromatic carbocycles. The highest BCUT2D eigenvalue weighted by Gasteiger charge is 2.07. The maximum absolute atomic E-state index is 12.0. The smallest absolute Gasteiger partial charge is 0.271 e. The van der Waals surface area contributed by atoms with Gasteiger partial charge in [0.05, 0.1) is 17.6 Å². The second kappa shape index (κ2) is 8.01. The molecule has 0 fully saturated rings. The van der Waals surface area contributed by atoms with Crippen LogP contribution in [0.4, 0.5) is 0 Å². The van der Waals surface area contributed by atoms with Crippen molar-refractivity contribution in [1.29, 1.82) is 0 Å². The van der Waals surface area contributed by atoms with Gasteiger partial charge in [0.2, 0.25) is 0 Å². The third-order valence-electron chi connectivity index (χ3n) is 3.50. The minimum atomic E-state index is -0.247. The summed E-state index contributed by atoms with van der Waals surface area (Å²) in [5, 5.41) is 2.82.